The van der Waals surface area contributed by atoms with Gasteiger partial charge in [0.15, 0.2) is 0 Å². The number of nitrogens with zero attached hydrogens (tertiary/aromatic N) is 2. The van der Waals surface area contributed by atoms with Crippen LogP contribution in [0.2, 0.25) is 0 Å². The van der Waals surface area contributed by atoms with Crippen LogP contribution in [-0.4, -0.2) is 17.5 Å². The van der Waals surface area contributed by atoms with E-state index in [-0.39, 0.29) is 16.5 Å². The molecule has 2 aliphatic rings. The van der Waals surface area contributed by atoms with Gasteiger partial charge in [0.1, 0.15) is 0 Å². The number of rotatable bonds is 6. The third-order valence-electron chi connectivity index (χ3n) is 3.87. The van der Waals surface area contributed by atoms with E-state index in [1.807, 2.05) is 12.1 Å². The van der Waals surface area contributed by atoms with E-state index >= 15 is 0 Å². The number of anilines is 1. The van der Waals surface area contributed by atoms with E-state index in [2.05, 4.69) is 4.90 Å². The molecule has 1 aromatic carbocycles. The van der Waals surface area contributed by atoms with Crippen LogP contribution in [0.5, 0.6) is 0 Å². The number of hydrogen-bond acceptors (Lipinski definition) is 3. The highest BCUT2D eigenvalue weighted by atomic mass is 35.5. The minimum Gasteiger partial charge on any atom is -0.368 e. The van der Waals surface area contributed by atoms with Crippen molar-refractivity contribution in [2.24, 2.45) is 5.92 Å². The molecule has 2 saturated carbocycles. The molecule has 4 nitrogen and oxygen atoms in total. The molecule has 0 aliphatic heterocycles. The summed E-state index contributed by atoms with van der Waals surface area (Å²) in [7, 11) is 0. The average Bonchev–Trinajstić information content (AvgIpc) is 3.27. The van der Waals surface area contributed by atoms with Crippen molar-refractivity contribution >= 4 is 23.0 Å². The van der Waals surface area contributed by atoms with E-state index in [1.54, 1.807) is 6.07 Å². The van der Waals surface area contributed by atoms with Crippen molar-refractivity contribution in [2.75, 3.05) is 11.4 Å². The van der Waals surface area contributed by atoms with Crippen molar-refractivity contribution in [2.45, 2.75) is 37.6 Å². The predicted molar refractivity (Wildman–Crippen MR) is 75.7 cm³/mol. The normalized spacial score (nSPS) is 18.4. The highest BCUT2D eigenvalue weighted by Gasteiger charge is 2.34. The summed E-state index contributed by atoms with van der Waals surface area (Å²) < 4.78 is 0. The minimum absolute atomic E-state index is 0.126. The van der Waals surface area contributed by atoms with Crippen LogP contribution in [-0.2, 0) is 5.88 Å². The maximum absolute atomic E-state index is 10.9. The van der Waals surface area contributed by atoms with E-state index in [4.69, 9.17) is 11.6 Å². The van der Waals surface area contributed by atoms with E-state index in [9.17, 15) is 10.1 Å². The first-order chi connectivity index (χ1) is 9.19. The summed E-state index contributed by atoms with van der Waals surface area (Å²) in [5.41, 5.74) is 1.84. The number of halogens is 1. The maximum atomic E-state index is 10.9. The van der Waals surface area contributed by atoms with E-state index in [0.717, 1.165) is 18.2 Å². The Bertz CT molecular complexity index is 498. The third kappa shape index (κ3) is 2.84. The second kappa shape index (κ2) is 5.00. The molecule has 0 heterocycles. The van der Waals surface area contributed by atoms with Crippen molar-refractivity contribution in [3.05, 3.63) is 33.9 Å². The highest BCUT2D eigenvalue weighted by Crippen LogP contribution is 2.38. The molecule has 0 atom stereocenters. The van der Waals surface area contributed by atoms with Gasteiger partial charge in [-0.05, 0) is 43.7 Å². The lowest BCUT2D eigenvalue weighted by Gasteiger charge is -2.25. The first-order valence-corrected chi connectivity index (χ1v) is 7.32. The van der Waals surface area contributed by atoms with E-state index in [1.165, 1.54) is 25.7 Å². The van der Waals surface area contributed by atoms with Crippen LogP contribution in [0.25, 0.3) is 0 Å². The van der Waals surface area contributed by atoms with Gasteiger partial charge in [-0.2, -0.15) is 0 Å². The summed E-state index contributed by atoms with van der Waals surface area (Å²) in [5.74, 6) is 1.00. The zero-order valence-electron chi connectivity index (χ0n) is 10.7. The van der Waals surface area contributed by atoms with Gasteiger partial charge >= 0.3 is 0 Å². The van der Waals surface area contributed by atoms with Gasteiger partial charge in [0.25, 0.3) is 5.69 Å². The molecule has 0 amide bonds. The summed E-state index contributed by atoms with van der Waals surface area (Å²) >= 11 is 5.84. The molecule has 0 bridgehead atoms. The number of hydrogen-bond donors (Lipinski definition) is 0. The minimum atomic E-state index is -0.357. The number of alkyl halides is 1. The molecule has 3 rings (SSSR count). The Balaban J connectivity index is 1.87. The molecule has 0 N–H and O–H groups in total. The van der Waals surface area contributed by atoms with Crippen molar-refractivity contribution < 1.29 is 4.92 Å². The van der Waals surface area contributed by atoms with Gasteiger partial charge in [0, 0.05) is 29.9 Å². The quantitative estimate of drug-likeness (QED) is 0.453. The Morgan fingerprint density at radius 2 is 2.05 bits per heavy atom. The topological polar surface area (TPSA) is 46.4 Å². The lowest BCUT2D eigenvalue weighted by atomic mass is 10.1. The zero-order chi connectivity index (χ0) is 13.4. The van der Waals surface area contributed by atoms with E-state index in [0.29, 0.717) is 11.6 Å². The zero-order valence-corrected chi connectivity index (χ0v) is 11.5. The SMILES string of the molecule is O=[N+]([O-])c1ccc(N(CC2CC2)C2CC2)cc1CCl. The Labute approximate surface area is 117 Å². The fourth-order valence-corrected chi connectivity index (χ4v) is 2.68. The molecular weight excluding hydrogens is 264 g/mol. The Kier molecular flexibility index (Phi) is 3.35. The first-order valence-electron chi connectivity index (χ1n) is 6.79. The Morgan fingerprint density at radius 1 is 1.32 bits per heavy atom. The van der Waals surface area contributed by atoms with Gasteiger partial charge in [0.05, 0.1) is 10.8 Å². The molecule has 2 fully saturated rings. The summed E-state index contributed by atoms with van der Waals surface area (Å²) in [4.78, 5) is 13.0. The molecule has 0 aromatic heterocycles. The highest BCUT2D eigenvalue weighted by molar-refractivity contribution is 6.17. The lowest BCUT2D eigenvalue weighted by Crippen LogP contribution is -2.28. The second-order valence-corrected chi connectivity index (χ2v) is 5.80. The summed E-state index contributed by atoms with van der Waals surface area (Å²) in [6.07, 6.45) is 5.11. The largest absolute Gasteiger partial charge is 0.368 e. The molecule has 0 spiro atoms. The summed E-state index contributed by atoms with van der Waals surface area (Å²) in [5, 5.41) is 10.9. The molecule has 0 radical (unpaired) electrons. The lowest BCUT2D eigenvalue weighted by molar-refractivity contribution is -0.385. The molecule has 102 valence electrons. The Morgan fingerprint density at radius 3 is 2.58 bits per heavy atom. The molecule has 19 heavy (non-hydrogen) atoms. The summed E-state index contributed by atoms with van der Waals surface area (Å²) in [6, 6.07) is 5.99. The van der Waals surface area contributed by atoms with Crippen LogP contribution in [0.1, 0.15) is 31.2 Å². The van der Waals surface area contributed by atoms with Crippen molar-refractivity contribution in [1.29, 1.82) is 0 Å². The van der Waals surface area contributed by atoms with Crippen molar-refractivity contribution in [3.8, 4) is 0 Å². The molecular formula is C14H17ClN2O2. The maximum Gasteiger partial charge on any atom is 0.273 e. The predicted octanol–water partition coefficient (Wildman–Crippen LogP) is 3.71. The second-order valence-electron chi connectivity index (χ2n) is 5.53. The van der Waals surface area contributed by atoms with Gasteiger partial charge in [-0.15, -0.1) is 11.6 Å². The number of nitro benzene ring substituents is 1. The molecule has 0 unspecified atom stereocenters. The van der Waals surface area contributed by atoms with Crippen LogP contribution in [0.4, 0.5) is 11.4 Å². The summed E-state index contributed by atoms with van der Waals surface area (Å²) in [6.45, 7) is 1.09. The standard InChI is InChI=1S/C14H17ClN2O2/c15-8-11-7-13(5-6-14(11)17(18)19)16(12-3-4-12)9-10-1-2-10/h5-7,10,12H,1-4,8-9H2. The Hall–Kier alpha value is -1.29. The van der Waals surface area contributed by atoms with Crippen LogP contribution < -0.4 is 4.90 Å². The fraction of sp³-hybridized carbons (Fsp3) is 0.571. The molecule has 5 heteroatoms. The third-order valence-corrected chi connectivity index (χ3v) is 4.16. The van der Waals surface area contributed by atoms with Crippen molar-refractivity contribution in [1.82, 2.24) is 0 Å². The van der Waals surface area contributed by atoms with Crippen LogP contribution >= 0.6 is 11.6 Å². The van der Waals surface area contributed by atoms with E-state index < -0.39 is 0 Å². The number of benzene rings is 1. The van der Waals surface area contributed by atoms with Crippen molar-refractivity contribution in [3.63, 3.8) is 0 Å². The van der Waals surface area contributed by atoms with Crippen LogP contribution in [0.3, 0.4) is 0 Å². The molecule has 1 aromatic rings. The molecule has 0 saturated heterocycles. The fourth-order valence-electron chi connectivity index (χ4n) is 2.47. The number of nitro groups is 1. The smallest absolute Gasteiger partial charge is 0.273 e. The monoisotopic (exact) mass is 280 g/mol. The average molecular weight is 281 g/mol. The van der Waals surface area contributed by atoms with Crippen LogP contribution in [0, 0.1) is 16.0 Å². The first kappa shape index (κ1) is 12.7. The van der Waals surface area contributed by atoms with Gasteiger partial charge in [0.2, 0.25) is 0 Å². The van der Waals surface area contributed by atoms with Gasteiger partial charge in [-0.3, -0.25) is 10.1 Å². The van der Waals surface area contributed by atoms with Gasteiger partial charge in [-0.1, -0.05) is 0 Å². The molecule has 2 aliphatic carbocycles. The van der Waals surface area contributed by atoms with Crippen LogP contribution in [0.15, 0.2) is 18.2 Å². The van der Waals surface area contributed by atoms with Gasteiger partial charge < -0.3 is 4.90 Å². The van der Waals surface area contributed by atoms with Gasteiger partial charge in [-0.25, -0.2) is 0 Å².